The Morgan fingerprint density at radius 2 is 1.56 bits per heavy atom. The van der Waals surface area contributed by atoms with E-state index in [4.69, 9.17) is 4.74 Å². The van der Waals surface area contributed by atoms with Crippen molar-refractivity contribution in [2.45, 2.75) is 13.5 Å². The van der Waals surface area contributed by atoms with Gasteiger partial charge in [0.2, 0.25) is 0 Å². The van der Waals surface area contributed by atoms with Crippen LogP contribution in [-0.4, -0.2) is 11.6 Å². The number of pyridine rings is 1. The summed E-state index contributed by atoms with van der Waals surface area (Å²) in [6.45, 7) is 3.44. The van der Waals surface area contributed by atoms with E-state index in [1.807, 2.05) is 85.9 Å². The Balaban J connectivity index is 0.000000299. The van der Waals surface area contributed by atoms with Gasteiger partial charge in [-0.05, 0) is 36.8 Å². The van der Waals surface area contributed by atoms with E-state index in [2.05, 4.69) is 28.5 Å². The lowest BCUT2D eigenvalue weighted by Gasteiger charge is -2.10. The molecular weight excluding hydrogens is 332 g/mol. The monoisotopic (exact) mass is 356 g/mol. The largest absolute Gasteiger partial charge is 0.494 e. The number of anilines is 1. The molecule has 1 heterocycles. The van der Waals surface area contributed by atoms with Crippen LogP contribution >= 0.6 is 0 Å². The highest BCUT2D eigenvalue weighted by Crippen LogP contribution is 2.22. The molecule has 3 nitrogen and oxygen atoms in total. The third-order valence-corrected chi connectivity index (χ3v) is 4.01. The molecular formula is C24H24N2O. The molecule has 0 spiro atoms. The number of fused-ring (bicyclic) bond motifs is 1. The second-order valence-electron chi connectivity index (χ2n) is 5.96. The van der Waals surface area contributed by atoms with Crippen LogP contribution in [0.5, 0.6) is 5.75 Å². The smallest absolute Gasteiger partial charge is 0.119 e. The average molecular weight is 356 g/mol. The highest BCUT2D eigenvalue weighted by Gasteiger charge is 2.01. The van der Waals surface area contributed by atoms with Gasteiger partial charge in [-0.25, -0.2) is 0 Å². The lowest BCUT2D eigenvalue weighted by Crippen LogP contribution is -2.01. The van der Waals surface area contributed by atoms with Gasteiger partial charge in [0.1, 0.15) is 5.75 Å². The number of nitrogens with zero attached hydrogens (tertiary/aromatic N) is 1. The first-order valence-corrected chi connectivity index (χ1v) is 9.16. The maximum atomic E-state index is 5.53. The lowest BCUT2D eigenvalue weighted by atomic mass is 10.1. The van der Waals surface area contributed by atoms with E-state index in [1.54, 1.807) is 0 Å². The van der Waals surface area contributed by atoms with Crippen molar-refractivity contribution < 1.29 is 4.74 Å². The molecule has 0 aliphatic rings. The lowest BCUT2D eigenvalue weighted by molar-refractivity contribution is 0.340. The van der Waals surface area contributed by atoms with Crippen molar-refractivity contribution in [2.75, 3.05) is 11.9 Å². The molecule has 1 N–H and O–H groups in total. The number of aromatic nitrogens is 1. The molecule has 0 atom stereocenters. The number of rotatable bonds is 5. The van der Waals surface area contributed by atoms with Crippen LogP contribution < -0.4 is 10.1 Å². The van der Waals surface area contributed by atoms with E-state index in [0.717, 1.165) is 28.9 Å². The van der Waals surface area contributed by atoms with Crippen LogP contribution in [0.15, 0.2) is 97.2 Å². The molecule has 4 rings (SSSR count). The molecule has 27 heavy (non-hydrogen) atoms. The minimum Gasteiger partial charge on any atom is -0.494 e. The summed E-state index contributed by atoms with van der Waals surface area (Å²) in [6.07, 6.45) is 1.83. The van der Waals surface area contributed by atoms with Crippen LogP contribution in [-0.2, 0) is 6.54 Å². The SMILES string of the molecule is CCOc1cccc(CNc2ccnc3ccccc23)c1.c1ccccc1. The standard InChI is InChI=1S/C18H18N2O.C6H6/c1-2-21-15-7-5-6-14(12-15)13-20-18-10-11-19-17-9-4-3-8-16(17)18;1-2-4-6-5-3-1/h3-12H,2,13H2,1H3,(H,19,20);1-6H. The van der Waals surface area contributed by atoms with E-state index in [9.17, 15) is 0 Å². The quantitative estimate of drug-likeness (QED) is 0.481. The second kappa shape index (κ2) is 9.97. The summed E-state index contributed by atoms with van der Waals surface area (Å²) < 4.78 is 5.53. The van der Waals surface area contributed by atoms with Crippen LogP contribution in [0.25, 0.3) is 10.9 Å². The Bertz CT molecular complexity index is 922. The Labute approximate surface area is 160 Å². The number of para-hydroxylation sites is 1. The fourth-order valence-corrected chi connectivity index (χ4v) is 2.74. The van der Waals surface area contributed by atoms with Gasteiger partial charge in [0.25, 0.3) is 0 Å². The zero-order chi connectivity index (χ0) is 18.7. The average Bonchev–Trinajstić information content (AvgIpc) is 2.74. The Kier molecular flexibility index (Phi) is 6.82. The van der Waals surface area contributed by atoms with E-state index < -0.39 is 0 Å². The van der Waals surface area contributed by atoms with Gasteiger partial charge in [-0.15, -0.1) is 0 Å². The maximum absolute atomic E-state index is 5.53. The molecule has 3 aromatic carbocycles. The van der Waals surface area contributed by atoms with Gasteiger partial charge in [0.15, 0.2) is 0 Å². The first kappa shape index (κ1) is 18.5. The van der Waals surface area contributed by atoms with Gasteiger partial charge < -0.3 is 10.1 Å². The summed E-state index contributed by atoms with van der Waals surface area (Å²) >= 11 is 0. The van der Waals surface area contributed by atoms with Gasteiger partial charge in [0, 0.05) is 23.8 Å². The molecule has 136 valence electrons. The fourth-order valence-electron chi connectivity index (χ4n) is 2.74. The van der Waals surface area contributed by atoms with Crippen molar-refractivity contribution in [3.8, 4) is 5.75 Å². The van der Waals surface area contributed by atoms with Crippen molar-refractivity contribution in [3.63, 3.8) is 0 Å². The molecule has 0 aliphatic carbocycles. The summed E-state index contributed by atoms with van der Waals surface area (Å²) in [5.41, 5.74) is 3.30. The predicted molar refractivity (Wildman–Crippen MR) is 113 cm³/mol. The van der Waals surface area contributed by atoms with Gasteiger partial charge >= 0.3 is 0 Å². The molecule has 0 bridgehead atoms. The normalized spacial score (nSPS) is 9.96. The Morgan fingerprint density at radius 1 is 0.815 bits per heavy atom. The fraction of sp³-hybridized carbons (Fsp3) is 0.125. The highest BCUT2D eigenvalue weighted by molar-refractivity contribution is 5.90. The van der Waals surface area contributed by atoms with Crippen LogP contribution in [0.3, 0.4) is 0 Å². The van der Waals surface area contributed by atoms with Gasteiger partial charge in [-0.3, -0.25) is 4.98 Å². The summed E-state index contributed by atoms with van der Waals surface area (Å²) in [5, 5.41) is 4.62. The molecule has 0 amide bonds. The topological polar surface area (TPSA) is 34.1 Å². The molecule has 0 fully saturated rings. The van der Waals surface area contributed by atoms with Crippen molar-refractivity contribution in [1.82, 2.24) is 4.98 Å². The van der Waals surface area contributed by atoms with E-state index in [0.29, 0.717) is 6.61 Å². The van der Waals surface area contributed by atoms with E-state index in [-0.39, 0.29) is 0 Å². The van der Waals surface area contributed by atoms with Crippen LogP contribution in [0, 0.1) is 0 Å². The molecule has 3 heteroatoms. The first-order chi connectivity index (χ1) is 13.4. The van der Waals surface area contributed by atoms with Crippen molar-refractivity contribution in [1.29, 1.82) is 0 Å². The van der Waals surface area contributed by atoms with E-state index in [1.165, 1.54) is 5.56 Å². The Hall–Kier alpha value is -3.33. The number of benzene rings is 3. The van der Waals surface area contributed by atoms with Crippen molar-refractivity contribution >= 4 is 16.6 Å². The Morgan fingerprint density at radius 3 is 2.30 bits per heavy atom. The minimum absolute atomic E-state index is 0.686. The molecule has 0 saturated carbocycles. The summed E-state index contributed by atoms with van der Waals surface area (Å²) in [6, 6.07) is 30.3. The number of ether oxygens (including phenoxy) is 1. The maximum Gasteiger partial charge on any atom is 0.119 e. The molecule has 0 aliphatic heterocycles. The third kappa shape index (κ3) is 5.58. The van der Waals surface area contributed by atoms with Crippen LogP contribution in [0.4, 0.5) is 5.69 Å². The predicted octanol–water partition coefficient (Wildman–Crippen LogP) is 5.93. The molecule has 1 aromatic heterocycles. The number of nitrogens with one attached hydrogen (secondary N) is 1. The zero-order valence-corrected chi connectivity index (χ0v) is 15.5. The van der Waals surface area contributed by atoms with E-state index >= 15 is 0 Å². The zero-order valence-electron chi connectivity index (χ0n) is 15.5. The number of hydrogen-bond donors (Lipinski definition) is 1. The number of hydrogen-bond acceptors (Lipinski definition) is 3. The summed E-state index contributed by atoms with van der Waals surface area (Å²) in [4.78, 5) is 4.38. The van der Waals surface area contributed by atoms with Crippen LogP contribution in [0.1, 0.15) is 12.5 Å². The minimum atomic E-state index is 0.686. The molecule has 4 aromatic rings. The van der Waals surface area contributed by atoms with Crippen LogP contribution in [0.2, 0.25) is 0 Å². The van der Waals surface area contributed by atoms with Crippen molar-refractivity contribution in [3.05, 3.63) is 103 Å². The molecule has 0 radical (unpaired) electrons. The van der Waals surface area contributed by atoms with Crippen molar-refractivity contribution in [2.24, 2.45) is 0 Å². The summed E-state index contributed by atoms with van der Waals surface area (Å²) in [7, 11) is 0. The van der Waals surface area contributed by atoms with Gasteiger partial charge in [-0.2, -0.15) is 0 Å². The molecule has 0 unspecified atom stereocenters. The third-order valence-electron chi connectivity index (χ3n) is 4.01. The van der Waals surface area contributed by atoms with Gasteiger partial charge in [-0.1, -0.05) is 66.7 Å². The van der Waals surface area contributed by atoms with Gasteiger partial charge in [0.05, 0.1) is 12.1 Å². The molecule has 0 saturated heterocycles. The summed E-state index contributed by atoms with van der Waals surface area (Å²) in [5.74, 6) is 0.913. The highest BCUT2D eigenvalue weighted by atomic mass is 16.5. The first-order valence-electron chi connectivity index (χ1n) is 9.16. The second-order valence-corrected chi connectivity index (χ2v) is 5.96.